The van der Waals surface area contributed by atoms with Crippen LogP contribution in [0.2, 0.25) is 0 Å². The van der Waals surface area contributed by atoms with Crippen LogP contribution in [-0.4, -0.2) is 0 Å². The lowest BCUT2D eigenvalue weighted by Crippen LogP contribution is -2.35. The molecular formula is C13H19Br2NS. The Morgan fingerprint density at radius 3 is 2.65 bits per heavy atom. The molecule has 1 aromatic rings. The minimum atomic E-state index is 0.179. The Kier molecular flexibility index (Phi) is 4.39. The van der Waals surface area contributed by atoms with Gasteiger partial charge in [0, 0.05) is 15.4 Å². The van der Waals surface area contributed by atoms with Gasteiger partial charge in [0.15, 0.2) is 0 Å². The zero-order chi connectivity index (χ0) is 12.6. The van der Waals surface area contributed by atoms with Crippen molar-refractivity contribution < 1.29 is 0 Å². The van der Waals surface area contributed by atoms with Gasteiger partial charge in [-0.2, -0.15) is 0 Å². The molecule has 2 atom stereocenters. The molecule has 1 nitrogen and oxygen atoms in total. The van der Waals surface area contributed by atoms with Crippen molar-refractivity contribution in [1.82, 2.24) is 0 Å². The summed E-state index contributed by atoms with van der Waals surface area (Å²) in [6.07, 6.45) is 5.25. The molecule has 0 radical (unpaired) electrons. The fourth-order valence-corrected chi connectivity index (χ4v) is 5.07. The van der Waals surface area contributed by atoms with Crippen LogP contribution in [0.5, 0.6) is 0 Å². The van der Waals surface area contributed by atoms with Gasteiger partial charge >= 0.3 is 0 Å². The largest absolute Gasteiger partial charge is 0.323 e. The highest BCUT2D eigenvalue weighted by Crippen LogP contribution is 2.48. The van der Waals surface area contributed by atoms with Crippen molar-refractivity contribution in [3.8, 4) is 0 Å². The normalized spacial score (nSPS) is 25.8. The summed E-state index contributed by atoms with van der Waals surface area (Å²) in [6.45, 7) is 4.74. The second-order valence-electron chi connectivity index (χ2n) is 5.64. The van der Waals surface area contributed by atoms with Crippen LogP contribution in [0.4, 0.5) is 0 Å². The van der Waals surface area contributed by atoms with Crippen molar-refractivity contribution in [2.45, 2.75) is 45.6 Å². The van der Waals surface area contributed by atoms with E-state index in [0.717, 1.165) is 8.26 Å². The standard InChI is InChI=1S/C13H19Br2NS/c1-13(2)6-4-3-5-8(13)11(16)10-7-9(14)12(15)17-10/h7-8,11H,3-6,16H2,1-2H3. The fraction of sp³-hybridized carbons (Fsp3) is 0.692. The van der Waals surface area contributed by atoms with Gasteiger partial charge in [-0.15, -0.1) is 11.3 Å². The van der Waals surface area contributed by atoms with E-state index >= 15 is 0 Å². The first-order valence-corrected chi connectivity index (χ1v) is 8.52. The highest BCUT2D eigenvalue weighted by Gasteiger charge is 2.37. The fourth-order valence-electron chi connectivity index (χ4n) is 2.91. The van der Waals surface area contributed by atoms with Crippen molar-refractivity contribution in [2.75, 3.05) is 0 Å². The molecule has 4 heteroatoms. The molecule has 2 unspecified atom stereocenters. The van der Waals surface area contributed by atoms with E-state index in [1.54, 1.807) is 11.3 Å². The highest BCUT2D eigenvalue weighted by atomic mass is 79.9. The summed E-state index contributed by atoms with van der Waals surface area (Å²) in [5, 5.41) is 0. The van der Waals surface area contributed by atoms with E-state index in [1.165, 1.54) is 30.6 Å². The third kappa shape index (κ3) is 2.96. The van der Waals surface area contributed by atoms with Crippen LogP contribution in [-0.2, 0) is 0 Å². The van der Waals surface area contributed by atoms with Crippen molar-refractivity contribution >= 4 is 43.2 Å². The maximum atomic E-state index is 6.50. The van der Waals surface area contributed by atoms with Crippen LogP contribution in [0.1, 0.15) is 50.4 Å². The molecular weight excluding hydrogens is 362 g/mol. The lowest BCUT2D eigenvalue weighted by molar-refractivity contribution is 0.114. The second-order valence-corrected chi connectivity index (χ2v) is 8.89. The summed E-state index contributed by atoms with van der Waals surface area (Å²) >= 11 is 8.86. The summed E-state index contributed by atoms with van der Waals surface area (Å²) < 4.78 is 2.28. The summed E-state index contributed by atoms with van der Waals surface area (Å²) in [4.78, 5) is 1.30. The minimum Gasteiger partial charge on any atom is -0.323 e. The predicted molar refractivity (Wildman–Crippen MR) is 82.4 cm³/mol. The van der Waals surface area contributed by atoms with Crippen molar-refractivity contribution in [2.24, 2.45) is 17.1 Å². The molecule has 1 aliphatic carbocycles. The SMILES string of the molecule is CC1(C)CCCCC1C(N)c1cc(Br)c(Br)s1. The number of hydrogen-bond acceptors (Lipinski definition) is 2. The van der Waals surface area contributed by atoms with Gasteiger partial charge in [-0.05, 0) is 62.1 Å². The molecule has 0 aromatic carbocycles. The molecule has 1 fully saturated rings. The number of hydrogen-bond donors (Lipinski definition) is 1. The Balaban J connectivity index is 2.21. The van der Waals surface area contributed by atoms with E-state index in [9.17, 15) is 0 Å². The van der Waals surface area contributed by atoms with E-state index in [4.69, 9.17) is 5.73 Å². The number of halogens is 2. The molecule has 1 saturated carbocycles. The topological polar surface area (TPSA) is 26.0 Å². The molecule has 0 bridgehead atoms. The molecule has 1 aliphatic rings. The lowest BCUT2D eigenvalue weighted by atomic mass is 9.66. The maximum absolute atomic E-state index is 6.50. The Morgan fingerprint density at radius 2 is 2.12 bits per heavy atom. The maximum Gasteiger partial charge on any atom is 0.0843 e. The third-order valence-corrected chi connectivity index (χ3v) is 7.37. The molecule has 0 amide bonds. The first-order chi connectivity index (χ1) is 7.92. The smallest absolute Gasteiger partial charge is 0.0843 e. The summed E-state index contributed by atoms with van der Waals surface area (Å²) in [5.41, 5.74) is 6.87. The molecule has 1 heterocycles. The van der Waals surface area contributed by atoms with Gasteiger partial charge < -0.3 is 5.73 Å². The third-order valence-electron chi connectivity index (χ3n) is 4.02. The van der Waals surface area contributed by atoms with Gasteiger partial charge in [0.05, 0.1) is 3.79 Å². The Hall–Kier alpha value is 0.620. The zero-order valence-corrected chi connectivity index (χ0v) is 14.3. The molecule has 17 heavy (non-hydrogen) atoms. The number of thiophene rings is 1. The average molecular weight is 381 g/mol. The van der Waals surface area contributed by atoms with Crippen molar-refractivity contribution in [3.63, 3.8) is 0 Å². The molecule has 2 rings (SSSR count). The van der Waals surface area contributed by atoms with Crippen LogP contribution in [0.15, 0.2) is 14.3 Å². The van der Waals surface area contributed by atoms with Crippen LogP contribution in [0, 0.1) is 11.3 Å². The second kappa shape index (κ2) is 5.32. The van der Waals surface area contributed by atoms with Crippen LogP contribution in [0.25, 0.3) is 0 Å². The van der Waals surface area contributed by atoms with Gasteiger partial charge in [-0.3, -0.25) is 0 Å². The van der Waals surface area contributed by atoms with Crippen molar-refractivity contribution in [3.05, 3.63) is 19.2 Å². The van der Waals surface area contributed by atoms with E-state index in [-0.39, 0.29) is 6.04 Å². The molecule has 96 valence electrons. The summed E-state index contributed by atoms with van der Waals surface area (Å²) in [7, 11) is 0. The van der Waals surface area contributed by atoms with E-state index < -0.39 is 0 Å². The minimum absolute atomic E-state index is 0.179. The molecule has 1 aromatic heterocycles. The summed E-state index contributed by atoms with van der Waals surface area (Å²) in [5.74, 6) is 0.605. The Morgan fingerprint density at radius 1 is 1.41 bits per heavy atom. The van der Waals surface area contributed by atoms with E-state index in [1.807, 2.05) is 0 Å². The molecule has 0 saturated heterocycles. The number of rotatable bonds is 2. The van der Waals surface area contributed by atoms with Gasteiger partial charge in [0.1, 0.15) is 0 Å². The van der Waals surface area contributed by atoms with Gasteiger partial charge in [0.2, 0.25) is 0 Å². The lowest BCUT2D eigenvalue weighted by Gasteiger charge is -2.41. The molecule has 0 spiro atoms. The first kappa shape index (κ1) is 14.0. The highest BCUT2D eigenvalue weighted by molar-refractivity contribution is 9.13. The molecule has 0 aliphatic heterocycles. The monoisotopic (exact) mass is 379 g/mol. The van der Waals surface area contributed by atoms with Crippen LogP contribution in [0.3, 0.4) is 0 Å². The van der Waals surface area contributed by atoms with Gasteiger partial charge in [0.25, 0.3) is 0 Å². The zero-order valence-electron chi connectivity index (χ0n) is 10.3. The Labute approximate surface area is 124 Å². The molecule has 2 N–H and O–H groups in total. The first-order valence-electron chi connectivity index (χ1n) is 6.12. The van der Waals surface area contributed by atoms with Crippen molar-refractivity contribution in [1.29, 1.82) is 0 Å². The quantitative estimate of drug-likeness (QED) is 0.721. The Bertz CT molecular complexity index is 381. The summed E-state index contributed by atoms with van der Waals surface area (Å²) in [6, 6.07) is 2.35. The van der Waals surface area contributed by atoms with Gasteiger partial charge in [-0.1, -0.05) is 26.7 Å². The van der Waals surface area contributed by atoms with Crippen LogP contribution < -0.4 is 5.73 Å². The predicted octanol–water partition coefficient (Wildman–Crippen LogP) is 5.49. The van der Waals surface area contributed by atoms with E-state index in [2.05, 4.69) is 51.8 Å². The average Bonchev–Trinajstić information content (AvgIpc) is 2.58. The number of nitrogens with two attached hydrogens (primary N) is 1. The van der Waals surface area contributed by atoms with Crippen LogP contribution >= 0.6 is 43.2 Å². The van der Waals surface area contributed by atoms with Gasteiger partial charge in [-0.25, -0.2) is 0 Å². The van der Waals surface area contributed by atoms with E-state index in [0.29, 0.717) is 11.3 Å².